The molecular formula is C52H49Cl2SiZr-3. The average Bonchev–Trinajstić information content (AvgIpc) is 3.90. The van der Waals surface area contributed by atoms with E-state index in [1.807, 2.05) is 6.07 Å². The third-order valence-corrected chi connectivity index (χ3v) is 11.5. The van der Waals surface area contributed by atoms with Gasteiger partial charge in [0, 0.05) is 0 Å². The van der Waals surface area contributed by atoms with Crippen molar-refractivity contribution >= 4 is 58.5 Å². The van der Waals surface area contributed by atoms with Crippen LogP contribution in [0.4, 0.5) is 0 Å². The Morgan fingerprint density at radius 3 is 1.45 bits per heavy atom. The Bertz CT molecular complexity index is 2330. The van der Waals surface area contributed by atoms with E-state index in [0.29, 0.717) is 11.8 Å². The number of hydrogen-bond acceptors (Lipinski definition) is 0. The summed E-state index contributed by atoms with van der Waals surface area (Å²) >= 11 is -0.826. The van der Waals surface area contributed by atoms with Crippen molar-refractivity contribution in [2.45, 2.75) is 54.4 Å². The number of aryl methyl sites for hydroxylation is 2. The van der Waals surface area contributed by atoms with Gasteiger partial charge in [-0.3, -0.25) is 0 Å². The zero-order chi connectivity index (χ0) is 39.6. The van der Waals surface area contributed by atoms with Crippen molar-refractivity contribution in [3.05, 3.63) is 180 Å². The molecule has 9 rings (SSSR count). The maximum Gasteiger partial charge on any atom is 0.0920 e. The summed E-state index contributed by atoms with van der Waals surface area (Å²) in [5.74, 6) is 1.41. The molecule has 0 spiro atoms. The van der Waals surface area contributed by atoms with Crippen LogP contribution in [0.25, 0.3) is 54.9 Å². The molecule has 8 aromatic carbocycles. The van der Waals surface area contributed by atoms with Crippen LogP contribution in [0.3, 0.4) is 0 Å². The predicted octanol–water partition coefficient (Wildman–Crippen LogP) is 14.0. The van der Waals surface area contributed by atoms with E-state index in [-0.39, 0.29) is 0 Å². The summed E-state index contributed by atoms with van der Waals surface area (Å²) in [6.07, 6.45) is 2.31. The van der Waals surface area contributed by atoms with E-state index >= 15 is 0 Å². The summed E-state index contributed by atoms with van der Waals surface area (Å²) in [6.45, 7) is 13.5. The normalized spacial score (nSPS) is 11.2. The zero-order valence-electron chi connectivity index (χ0n) is 33.3. The molecule has 0 bridgehead atoms. The molecule has 282 valence electrons. The summed E-state index contributed by atoms with van der Waals surface area (Å²) in [5.41, 5.74) is 13.8. The predicted molar refractivity (Wildman–Crippen MR) is 244 cm³/mol. The Morgan fingerprint density at radius 1 is 0.536 bits per heavy atom. The van der Waals surface area contributed by atoms with Crippen molar-refractivity contribution in [2.24, 2.45) is 11.8 Å². The van der Waals surface area contributed by atoms with Crippen LogP contribution in [0.2, 0.25) is 0 Å². The summed E-state index contributed by atoms with van der Waals surface area (Å²) in [4.78, 5) is 0. The van der Waals surface area contributed by atoms with Gasteiger partial charge in [-0.05, 0) is 60.8 Å². The molecule has 0 fully saturated rings. The van der Waals surface area contributed by atoms with Crippen LogP contribution in [0, 0.1) is 31.7 Å². The SMILES string of the molecule is Cc1ccccc1-c1cccc2[cH-]c(CC(C)C)cc12.Cc1ccccc1-c1cccc2[cH-]c(CC(C)C)cc12.[Cl][Zr][Cl].[c-]1cccc2c1[Si]c1ccccc1-2. The van der Waals surface area contributed by atoms with Gasteiger partial charge in [0.1, 0.15) is 0 Å². The molecule has 0 unspecified atom stereocenters. The molecule has 0 amide bonds. The van der Waals surface area contributed by atoms with Gasteiger partial charge < -0.3 is 0 Å². The van der Waals surface area contributed by atoms with Crippen LogP contribution < -0.4 is 10.4 Å². The van der Waals surface area contributed by atoms with E-state index < -0.39 is 20.8 Å². The fourth-order valence-corrected chi connectivity index (χ4v) is 9.03. The second kappa shape index (κ2) is 20.1. The maximum absolute atomic E-state index is 4.93. The minimum atomic E-state index is -0.826. The Kier molecular flexibility index (Phi) is 15.0. The maximum atomic E-state index is 4.93. The Labute approximate surface area is 356 Å². The molecule has 1 aliphatic heterocycles. The quantitative estimate of drug-likeness (QED) is 0.115. The summed E-state index contributed by atoms with van der Waals surface area (Å²) in [6, 6.07) is 58.1. The summed E-state index contributed by atoms with van der Waals surface area (Å²) < 4.78 is 0. The van der Waals surface area contributed by atoms with Crippen molar-refractivity contribution in [3.63, 3.8) is 0 Å². The smallest absolute Gasteiger partial charge is 0.0920 e. The third-order valence-electron chi connectivity index (χ3n) is 10.1. The van der Waals surface area contributed by atoms with E-state index in [0.717, 1.165) is 22.4 Å². The van der Waals surface area contributed by atoms with Crippen molar-refractivity contribution in [1.29, 1.82) is 0 Å². The van der Waals surface area contributed by atoms with Gasteiger partial charge >= 0.3 is 37.9 Å². The molecule has 2 radical (unpaired) electrons. The molecule has 56 heavy (non-hydrogen) atoms. The summed E-state index contributed by atoms with van der Waals surface area (Å²) in [7, 11) is 10.7. The molecule has 0 aliphatic carbocycles. The van der Waals surface area contributed by atoms with E-state index in [1.54, 1.807) is 0 Å². The first-order valence-corrected chi connectivity index (χ1v) is 26.8. The number of fused-ring (bicyclic) bond motifs is 5. The van der Waals surface area contributed by atoms with Crippen molar-refractivity contribution in [3.8, 4) is 33.4 Å². The van der Waals surface area contributed by atoms with E-state index in [4.69, 9.17) is 17.0 Å². The molecule has 0 aromatic heterocycles. The number of halogens is 2. The summed E-state index contributed by atoms with van der Waals surface area (Å²) in [5, 5.41) is 8.32. The van der Waals surface area contributed by atoms with Gasteiger partial charge in [-0.2, -0.15) is 41.6 Å². The van der Waals surface area contributed by atoms with Crippen LogP contribution in [0.5, 0.6) is 0 Å². The molecule has 0 N–H and O–H groups in total. The Morgan fingerprint density at radius 2 is 0.964 bits per heavy atom. The Balaban J connectivity index is 0.000000140. The van der Waals surface area contributed by atoms with Crippen molar-refractivity contribution in [1.82, 2.24) is 0 Å². The molecule has 0 saturated heterocycles. The molecule has 1 aliphatic rings. The monoisotopic (exact) mass is 861 g/mol. The minimum Gasteiger partial charge on any atom is -0.184 e. The standard InChI is InChI=1S/2C20H21.C12H7Si.2ClH.Zr/c2*1-14(2)11-16-12-17-8-6-10-19(20(17)13-16)18-9-5-4-7-15(18)3;1-3-7-11-9(5-1)10-6-2-4-8-12(10)13-11;;;/h2*4-10,12-14H,11H2,1-3H3;1-7H;2*1H;/q3*-1;;;+2/p-2. The van der Waals surface area contributed by atoms with Gasteiger partial charge in [0.25, 0.3) is 0 Å². The van der Waals surface area contributed by atoms with Crippen LogP contribution in [-0.4, -0.2) is 9.52 Å². The van der Waals surface area contributed by atoms with Gasteiger partial charge in [-0.15, -0.1) is 74.6 Å². The van der Waals surface area contributed by atoms with Crippen LogP contribution >= 0.6 is 17.0 Å². The van der Waals surface area contributed by atoms with E-state index in [9.17, 15) is 0 Å². The third kappa shape index (κ3) is 10.4. The molecule has 0 saturated carbocycles. The molecule has 1 heterocycles. The number of hydrogen-bond donors (Lipinski definition) is 0. The zero-order valence-corrected chi connectivity index (χ0v) is 38.2. The van der Waals surface area contributed by atoms with Gasteiger partial charge in [-0.25, -0.2) is 0 Å². The van der Waals surface area contributed by atoms with Crippen LogP contribution in [0.1, 0.15) is 49.9 Å². The fraction of sp³-hybridized carbons (Fsp3) is 0.192. The van der Waals surface area contributed by atoms with Crippen molar-refractivity contribution < 1.29 is 20.8 Å². The molecule has 0 nitrogen and oxygen atoms in total. The fourth-order valence-electron chi connectivity index (χ4n) is 7.72. The van der Waals surface area contributed by atoms with Gasteiger partial charge in [0.2, 0.25) is 0 Å². The first-order valence-electron chi connectivity index (χ1n) is 19.5. The topological polar surface area (TPSA) is 0 Å². The average molecular weight is 864 g/mol. The van der Waals surface area contributed by atoms with Gasteiger partial charge in [0.15, 0.2) is 0 Å². The molecule has 4 heteroatoms. The van der Waals surface area contributed by atoms with Crippen LogP contribution in [0.15, 0.2) is 152 Å². The first kappa shape index (κ1) is 41.8. The second-order valence-electron chi connectivity index (χ2n) is 15.4. The Hall–Kier alpha value is -3.78. The number of rotatable bonds is 6. The van der Waals surface area contributed by atoms with E-state index in [2.05, 4.69) is 193 Å². The largest absolute Gasteiger partial charge is 0.184 e. The minimum absolute atomic E-state index is 0.703. The van der Waals surface area contributed by atoms with Gasteiger partial charge in [-0.1, -0.05) is 135 Å². The van der Waals surface area contributed by atoms with E-state index in [1.165, 1.54) is 87.6 Å². The second-order valence-corrected chi connectivity index (χ2v) is 20.4. The molecular weight excluding hydrogens is 815 g/mol. The molecule has 8 aromatic rings. The molecule has 0 atom stereocenters. The number of benzene rings is 6. The van der Waals surface area contributed by atoms with Crippen LogP contribution in [-0.2, 0) is 33.7 Å². The van der Waals surface area contributed by atoms with Gasteiger partial charge in [0.05, 0.1) is 9.52 Å². The van der Waals surface area contributed by atoms with Crippen molar-refractivity contribution in [2.75, 3.05) is 0 Å². The first-order chi connectivity index (χ1) is 27.2.